The molecule has 6 heteroatoms. The van der Waals surface area contributed by atoms with Gasteiger partial charge in [-0.25, -0.2) is 4.68 Å². The lowest BCUT2D eigenvalue weighted by atomic mass is 9.92. The Morgan fingerprint density at radius 1 is 1.30 bits per heavy atom. The lowest BCUT2D eigenvalue weighted by molar-refractivity contribution is -0.117. The van der Waals surface area contributed by atoms with Gasteiger partial charge in [0.15, 0.2) is 0 Å². The third kappa shape index (κ3) is 4.12. The molecule has 23 heavy (non-hydrogen) atoms. The van der Waals surface area contributed by atoms with Crippen LogP contribution in [0.1, 0.15) is 45.6 Å². The van der Waals surface area contributed by atoms with Crippen molar-refractivity contribution in [2.75, 3.05) is 25.0 Å². The monoisotopic (exact) mass is 320 g/mol. The number of likely N-dealkylation sites (tertiary alicyclic amines) is 1. The Morgan fingerprint density at radius 3 is 2.61 bits per heavy atom. The van der Waals surface area contributed by atoms with Gasteiger partial charge < -0.3 is 10.4 Å². The molecule has 1 amide bonds. The van der Waals surface area contributed by atoms with Crippen LogP contribution in [0.4, 0.5) is 5.82 Å². The maximum atomic E-state index is 12.3. The number of hydrogen-bond donors (Lipinski definition) is 2. The second-order valence-corrected chi connectivity index (χ2v) is 7.14. The normalized spacial score (nSPS) is 22.7. The summed E-state index contributed by atoms with van der Waals surface area (Å²) in [6, 6.07) is 2.22. The van der Waals surface area contributed by atoms with Gasteiger partial charge in [0.25, 0.3) is 0 Å². The molecule has 3 rings (SSSR count). The average Bonchev–Trinajstić information content (AvgIpc) is 3.27. The highest BCUT2D eigenvalue weighted by Gasteiger charge is 2.31. The SMILES string of the molecule is CC(O)C1CCN(CC(=O)Nc2ccnn2C(C)C2CC2)CC1. The van der Waals surface area contributed by atoms with Gasteiger partial charge in [0.05, 0.1) is 24.9 Å². The van der Waals surface area contributed by atoms with Crippen LogP contribution in [-0.2, 0) is 4.79 Å². The molecule has 6 nitrogen and oxygen atoms in total. The van der Waals surface area contributed by atoms with Crippen LogP contribution in [0.25, 0.3) is 0 Å². The van der Waals surface area contributed by atoms with Gasteiger partial charge in [-0.1, -0.05) is 0 Å². The topological polar surface area (TPSA) is 70.4 Å². The fourth-order valence-corrected chi connectivity index (χ4v) is 3.50. The van der Waals surface area contributed by atoms with E-state index in [1.165, 1.54) is 12.8 Å². The fourth-order valence-electron chi connectivity index (χ4n) is 3.50. The van der Waals surface area contributed by atoms with Gasteiger partial charge in [0, 0.05) is 6.07 Å². The van der Waals surface area contributed by atoms with E-state index in [-0.39, 0.29) is 12.0 Å². The van der Waals surface area contributed by atoms with E-state index < -0.39 is 0 Å². The van der Waals surface area contributed by atoms with Gasteiger partial charge >= 0.3 is 0 Å². The Labute approximate surface area is 137 Å². The number of nitrogens with zero attached hydrogens (tertiary/aromatic N) is 3. The summed E-state index contributed by atoms with van der Waals surface area (Å²) >= 11 is 0. The fraction of sp³-hybridized carbons (Fsp3) is 0.765. The van der Waals surface area contributed by atoms with Crippen molar-refractivity contribution in [1.29, 1.82) is 0 Å². The highest BCUT2D eigenvalue weighted by Crippen LogP contribution is 2.40. The van der Waals surface area contributed by atoms with Crippen LogP contribution >= 0.6 is 0 Å². The molecule has 0 spiro atoms. The smallest absolute Gasteiger partial charge is 0.239 e. The Hall–Kier alpha value is -1.40. The standard InChI is InChI=1S/C17H28N4O2/c1-12(14-3-4-14)21-16(5-8-18-21)19-17(23)11-20-9-6-15(7-10-20)13(2)22/h5,8,12-15,22H,3-4,6-7,9-11H2,1-2H3,(H,19,23). The molecule has 2 unspecified atom stereocenters. The molecule has 2 N–H and O–H groups in total. The molecule has 1 aliphatic heterocycles. The molecule has 128 valence electrons. The summed E-state index contributed by atoms with van der Waals surface area (Å²) in [7, 11) is 0. The minimum atomic E-state index is -0.246. The van der Waals surface area contributed by atoms with Crippen molar-refractivity contribution in [3.63, 3.8) is 0 Å². The third-order valence-corrected chi connectivity index (χ3v) is 5.31. The first-order valence-corrected chi connectivity index (χ1v) is 8.78. The van der Waals surface area contributed by atoms with Crippen molar-refractivity contribution >= 4 is 11.7 Å². The van der Waals surface area contributed by atoms with Crippen molar-refractivity contribution < 1.29 is 9.90 Å². The second kappa shape index (κ2) is 7.01. The lowest BCUT2D eigenvalue weighted by Gasteiger charge is -2.32. The summed E-state index contributed by atoms with van der Waals surface area (Å²) in [6.07, 6.45) is 5.94. The number of carbonyl (C=O) groups excluding carboxylic acids is 1. The van der Waals surface area contributed by atoms with Crippen molar-refractivity contribution in [3.8, 4) is 0 Å². The first-order valence-electron chi connectivity index (χ1n) is 8.78. The predicted octanol–water partition coefficient (Wildman–Crippen LogP) is 1.89. The molecular formula is C17H28N4O2. The molecule has 1 aliphatic carbocycles. The van der Waals surface area contributed by atoms with Gasteiger partial charge in [-0.2, -0.15) is 5.10 Å². The zero-order valence-electron chi connectivity index (χ0n) is 14.1. The van der Waals surface area contributed by atoms with E-state index in [9.17, 15) is 9.90 Å². The van der Waals surface area contributed by atoms with E-state index >= 15 is 0 Å². The highest BCUT2D eigenvalue weighted by atomic mass is 16.3. The summed E-state index contributed by atoms with van der Waals surface area (Å²) in [5, 5.41) is 17.0. The van der Waals surface area contributed by atoms with Crippen molar-refractivity contribution in [2.45, 2.75) is 51.7 Å². The van der Waals surface area contributed by atoms with E-state index in [0.717, 1.165) is 31.7 Å². The molecule has 1 aromatic rings. The van der Waals surface area contributed by atoms with Crippen LogP contribution in [0.5, 0.6) is 0 Å². The summed E-state index contributed by atoms with van der Waals surface area (Å²) in [6.45, 7) is 6.19. The molecular weight excluding hydrogens is 292 g/mol. The van der Waals surface area contributed by atoms with Crippen LogP contribution in [0.15, 0.2) is 12.3 Å². The Morgan fingerprint density at radius 2 is 2.00 bits per heavy atom. The summed E-state index contributed by atoms with van der Waals surface area (Å²) in [5.74, 6) is 1.89. The van der Waals surface area contributed by atoms with Crippen molar-refractivity contribution in [2.24, 2.45) is 11.8 Å². The molecule has 1 aromatic heterocycles. The van der Waals surface area contributed by atoms with Gasteiger partial charge in [-0.15, -0.1) is 0 Å². The molecule has 2 fully saturated rings. The molecule has 0 radical (unpaired) electrons. The first-order chi connectivity index (χ1) is 11.0. The maximum Gasteiger partial charge on any atom is 0.239 e. The largest absolute Gasteiger partial charge is 0.393 e. The van der Waals surface area contributed by atoms with E-state index in [1.807, 2.05) is 17.7 Å². The third-order valence-electron chi connectivity index (χ3n) is 5.31. The van der Waals surface area contributed by atoms with E-state index in [2.05, 4.69) is 22.2 Å². The minimum absolute atomic E-state index is 0.0187. The number of rotatable bonds is 6. The Kier molecular flexibility index (Phi) is 5.02. The van der Waals surface area contributed by atoms with Crippen molar-refractivity contribution in [1.82, 2.24) is 14.7 Å². The molecule has 2 aliphatic rings. The number of nitrogens with one attached hydrogen (secondary N) is 1. The van der Waals surface area contributed by atoms with Crippen LogP contribution in [0.3, 0.4) is 0 Å². The zero-order chi connectivity index (χ0) is 16.4. The Balaban J connectivity index is 1.49. The van der Waals surface area contributed by atoms with Gasteiger partial charge in [0.1, 0.15) is 5.82 Å². The van der Waals surface area contributed by atoms with Gasteiger partial charge in [-0.3, -0.25) is 9.69 Å². The number of piperidine rings is 1. The summed E-state index contributed by atoms with van der Waals surface area (Å²) in [4.78, 5) is 14.5. The number of anilines is 1. The van der Waals surface area contributed by atoms with E-state index in [0.29, 0.717) is 24.4 Å². The van der Waals surface area contributed by atoms with Gasteiger partial charge in [-0.05, 0) is 64.5 Å². The minimum Gasteiger partial charge on any atom is -0.393 e. The molecule has 1 saturated carbocycles. The zero-order valence-corrected chi connectivity index (χ0v) is 14.1. The average molecular weight is 320 g/mol. The summed E-state index contributed by atoms with van der Waals surface area (Å²) < 4.78 is 1.94. The van der Waals surface area contributed by atoms with Crippen LogP contribution in [0.2, 0.25) is 0 Å². The first kappa shape index (κ1) is 16.5. The van der Waals surface area contributed by atoms with Gasteiger partial charge in [0.2, 0.25) is 5.91 Å². The number of hydrogen-bond acceptors (Lipinski definition) is 4. The molecule has 1 saturated heterocycles. The molecule has 0 aromatic carbocycles. The van der Waals surface area contributed by atoms with E-state index in [4.69, 9.17) is 0 Å². The number of aliphatic hydroxyl groups is 1. The Bertz CT molecular complexity index is 530. The lowest BCUT2D eigenvalue weighted by Crippen LogP contribution is -2.41. The van der Waals surface area contributed by atoms with Crippen LogP contribution in [-0.4, -0.2) is 51.4 Å². The number of aliphatic hydroxyl groups excluding tert-OH is 1. The number of aromatic nitrogens is 2. The van der Waals surface area contributed by atoms with Crippen molar-refractivity contribution in [3.05, 3.63) is 12.3 Å². The number of carbonyl (C=O) groups is 1. The predicted molar refractivity (Wildman–Crippen MR) is 89.1 cm³/mol. The highest BCUT2D eigenvalue weighted by molar-refractivity contribution is 5.91. The van der Waals surface area contributed by atoms with Crippen LogP contribution in [0, 0.1) is 11.8 Å². The molecule has 2 heterocycles. The van der Waals surface area contributed by atoms with Crippen LogP contribution < -0.4 is 5.32 Å². The molecule has 2 atom stereocenters. The quantitative estimate of drug-likeness (QED) is 0.840. The molecule has 0 bridgehead atoms. The number of amides is 1. The maximum absolute atomic E-state index is 12.3. The van der Waals surface area contributed by atoms with E-state index in [1.54, 1.807) is 6.20 Å². The second-order valence-electron chi connectivity index (χ2n) is 7.14. The summed E-state index contributed by atoms with van der Waals surface area (Å²) in [5.41, 5.74) is 0.